The van der Waals surface area contributed by atoms with Gasteiger partial charge in [0.1, 0.15) is 0 Å². The summed E-state index contributed by atoms with van der Waals surface area (Å²) in [7, 11) is 0. The second-order valence-corrected chi connectivity index (χ2v) is 1.57. The first-order valence-electron chi connectivity index (χ1n) is 2.97. The number of nitrogens with zero attached hydrogens (tertiary/aromatic N) is 1. The van der Waals surface area contributed by atoms with E-state index in [1.54, 1.807) is 18.6 Å². The van der Waals surface area contributed by atoms with Crippen molar-refractivity contribution in [3.63, 3.8) is 0 Å². The molecular weight excluding hydrogens is 144 g/mol. The molecule has 0 aliphatic rings. The summed E-state index contributed by atoms with van der Waals surface area (Å²) in [5.41, 5.74) is 6.39. The third-order valence-corrected chi connectivity index (χ3v) is 0.958. The van der Waals surface area contributed by atoms with Crippen molar-refractivity contribution in [1.82, 2.24) is 4.98 Å². The summed E-state index contributed by atoms with van der Waals surface area (Å²) < 4.78 is 0. The van der Waals surface area contributed by atoms with Crippen LogP contribution in [0.2, 0.25) is 0 Å². The van der Waals surface area contributed by atoms with Crippen LogP contribution in [0.3, 0.4) is 0 Å². The maximum Gasteiger partial charge on any atom is 0.0312 e. The van der Waals surface area contributed by atoms with E-state index in [9.17, 15) is 0 Å². The molecule has 0 saturated heterocycles. The van der Waals surface area contributed by atoms with Gasteiger partial charge in [0.05, 0.1) is 0 Å². The number of nitrogens with two attached hydrogens (primary N) is 1. The first kappa shape index (κ1) is 9.46. The van der Waals surface area contributed by atoms with Crippen LogP contribution in [-0.2, 0) is 6.54 Å². The summed E-state index contributed by atoms with van der Waals surface area (Å²) in [4.78, 5) is 3.88. The molecule has 1 heterocycles. The topological polar surface area (TPSA) is 38.9 Å². The molecule has 0 bridgehead atoms. The highest BCUT2D eigenvalue weighted by Gasteiger charge is 1.81. The van der Waals surface area contributed by atoms with Gasteiger partial charge in [0.15, 0.2) is 0 Å². The summed E-state index contributed by atoms with van der Waals surface area (Å²) in [5, 5.41) is 0. The van der Waals surface area contributed by atoms with E-state index in [0.29, 0.717) is 6.54 Å². The zero-order chi connectivity index (χ0) is 7.82. The predicted octanol–water partition coefficient (Wildman–Crippen LogP) is 1.09. The molecule has 0 unspecified atom stereocenters. The van der Waals surface area contributed by atoms with Gasteiger partial charge in [-0.15, -0.1) is 0 Å². The minimum Gasteiger partial charge on any atom is -0.326 e. The highest BCUT2D eigenvalue weighted by atomic mass is 32.1. The number of hydrogen-bond donors (Lipinski definition) is 2. The molecule has 0 saturated carbocycles. The van der Waals surface area contributed by atoms with E-state index < -0.39 is 0 Å². The van der Waals surface area contributed by atoms with Crippen molar-refractivity contribution < 1.29 is 0 Å². The van der Waals surface area contributed by atoms with Gasteiger partial charge in [-0.05, 0) is 17.9 Å². The molecule has 10 heavy (non-hydrogen) atoms. The minimum atomic E-state index is 0.577. The van der Waals surface area contributed by atoms with Gasteiger partial charge in [-0.3, -0.25) is 4.98 Å². The van der Waals surface area contributed by atoms with Crippen LogP contribution in [0.15, 0.2) is 24.5 Å². The van der Waals surface area contributed by atoms with E-state index >= 15 is 0 Å². The quantitative estimate of drug-likeness (QED) is 0.597. The van der Waals surface area contributed by atoms with E-state index in [0.717, 1.165) is 5.56 Å². The third-order valence-electron chi connectivity index (χ3n) is 0.958. The Hall–Kier alpha value is -0.540. The normalized spacial score (nSPS) is 7.90. The van der Waals surface area contributed by atoms with E-state index in [-0.39, 0.29) is 0 Å². The summed E-state index contributed by atoms with van der Waals surface area (Å²) in [6.45, 7) is 0.577. The van der Waals surface area contributed by atoms with Crippen molar-refractivity contribution in [3.8, 4) is 0 Å². The fraction of sp³-hybridized carbons (Fsp3) is 0.286. The number of pyridine rings is 1. The molecule has 3 heteroatoms. The molecule has 1 rings (SSSR count). The van der Waals surface area contributed by atoms with Crippen molar-refractivity contribution in [2.24, 2.45) is 5.73 Å². The van der Waals surface area contributed by atoms with Crippen molar-refractivity contribution in [1.29, 1.82) is 0 Å². The molecule has 1 aromatic rings. The maximum atomic E-state index is 5.31. The highest BCUT2D eigenvalue weighted by Crippen LogP contribution is 1.90. The lowest BCUT2D eigenvalue weighted by molar-refractivity contribution is 1.05. The predicted molar refractivity (Wildman–Crippen MR) is 47.0 cm³/mol. The molecule has 2 nitrogen and oxygen atoms in total. The van der Waals surface area contributed by atoms with E-state index in [4.69, 9.17) is 5.73 Å². The molecule has 0 atom stereocenters. The SMILES string of the molecule is CS.NCc1cccnc1. The lowest BCUT2D eigenvalue weighted by Crippen LogP contribution is -1.95. The van der Waals surface area contributed by atoms with Gasteiger partial charge in [-0.1, -0.05) is 6.07 Å². The lowest BCUT2D eigenvalue weighted by atomic mass is 10.3. The molecule has 1 aromatic heterocycles. The van der Waals surface area contributed by atoms with Crippen LogP contribution in [0, 0.1) is 0 Å². The fourth-order valence-corrected chi connectivity index (χ4v) is 0.519. The number of aromatic nitrogens is 1. The Kier molecular flexibility index (Phi) is 6.22. The molecule has 56 valence electrons. The summed E-state index contributed by atoms with van der Waals surface area (Å²) in [6, 6.07) is 3.83. The monoisotopic (exact) mass is 156 g/mol. The zero-order valence-corrected chi connectivity index (χ0v) is 6.88. The fourth-order valence-electron chi connectivity index (χ4n) is 0.519. The van der Waals surface area contributed by atoms with Crippen LogP contribution in [0.25, 0.3) is 0 Å². The first-order chi connectivity index (χ1) is 4.93. The highest BCUT2D eigenvalue weighted by molar-refractivity contribution is 7.79. The van der Waals surface area contributed by atoms with Crippen LogP contribution in [0.4, 0.5) is 0 Å². The summed E-state index contributed by atoms with van der Waals surface area (Å²) in [6.07, 6.45) is 5.19. The van der Waals surface area contributed by atoms with Gasteiger partial charge in [-0.25, -0.2) is 0 Å². The van der Waals surface area contributed by atoms with Crippen molar-refractivity contribution in [3.05, 3.63) is 30.1 Å². The molecule has 0 aliphatic carbocycles. The maximum absolute atomic E-state index is 5.31. The number of thiol groups is 1. The van der Waals surface area contributed by atoms with Crippen LogP contribution in [0.5, 0.6) is 0 Å². The second-order valence-electron chi connectivity index (χ2n) is 1.57. The number of rotatable bonds is 1. The van der Waals surface area contributed by atoms with Crippen molar-refractivity contribution in [2.75, 3.05) is 6.26 Å². The molecule has 0 fully saturated rings. The van der Waals surface area contributed by atoms with Crippen LogP contribution >= 0.6 is 12.6 Å². The molecule has 0 radical (unpaired) electrons. The van der Waals surface area contributed by atoms with Gasteiger partial charge >= 0.3 is 0 Å². The molecule has 2 N–H and O–H groups in total. The molecule has 0 amide bonds. The smallest absolute Gasteiger partial charge is 0.0312 e. The van der Waals surface area contributed by atoms with Crippen LogP contribution in [0.1, 0.15) is 5.56 Å². The third kappa shape index (κ3) is 3.48. The average Bonchev–Trinajstić information content (AvgIpc) is 2.10. The van der Waals surface area contributed by atoms with Crippen LogP contribution in [-0.4, -0.2) is 11.2 Å². The summed E-state index contributed by atoms with van der Waals surface area (Å²) >= 11 is 3.53. The molecular formula is C7H12N2S. The lowest BCUT2D eigenvalue weighted by Gasteiger charge is -1.89. The average molecular weight is 156 g/mol. The molecule has 0 aliphatic heterocycles. The largest absolute Gasteiger partial charge is 0.326 e. The van der Waals surface area contributed by atoms with Gasteiger partial charge < -0.3 is 5.73 Å². The standard InChI is InChI=1S/C6H8N2.CH4S/c7-4-6-2-1-3-8-5-6;1-2/h1-3,5H,4,7H2;2H,1H3. The van der Waals surface area contributed by atoms with E-state index in [2.05, 4.69) is 17.6 Å². The van der Waals surface area contributed by atoms with Gasteiger partial charge in [0, 0.05) is 18.9 Å². The van der Waals surface area contributed by atoms with E-state index in [1.165, 1.54) is 0 Å². The Morgan fingerprint density at radius 3 is 2.60 bits per heavy atom. The van der Waals surface area contributed by atoms with Gasteiger partial charge in [-0.2, -0.15) is 12.6 Å². The van der Waals surface area contributed by atoms with Crippen molar-refractivity contribution in [2.45, 2.75) is 6.54 Å². The Morgan fingerprint density at radius 1 is 1.60 bits per heavy atom. The Morgan fingerprint density at radius 2 is 2.30 bits per heavy atom. The van der Waals surface area contributed by atoms with E-state index in [1.807, 2.05) is 12.1 Å². The Labute approximate surface area is 66.9 Å². The minimum absolute atomic E-state index is 0.577. The summed E-state index contributed by atoms with van der Waals surface area (Å²) in [5.74, 6) is 0. The Balaban J connectivity index is 0.000000371. The van der Waals surface area contributed by atoms with Gasteiger partial charge in [0.2, 0.25) is 0 Å². The number of hydrogen-bond acceptors (Lipinski definition) is 3. The molecule has 0 spiro atoms. The zero-order valence-electron chi connectivity index (χ0n) is 5.99. The molecule has 0 aromatic carbocycles. The van der Waals surface area contributed by atoms with Crippen LogP contribution < -0.4 is 5.73 Å². The Bertz CT molecular complexity index is 153. The van der Waals surface area contributed by atoms with Crippen molar-refractivity contribution >= 4 is 12.6 Å². The second kappa shape index (κ2) is 6.58. The van der Waals surface area contributed by atoms with Gasteiger partial charge in [0.25, 0.3) is 0 Å². The first-order valence-corrected chi connectivity index (χ1v) is 3.86.